The van der Waals surface area contributed by atoms with E-state index in [1.54, 1.807) is 11.3 Å². The minimum absolute atomic E-state index is 0.270. The number of nitrogens with one attached hydrogen (secondary N) is 1. The van der Waals surface area contributed by atoms with E-state index >= 15 is 0 Å². The first-order valence-corrected chi connectivity index (χ1v) is 8.76. The number of carbonyl (C=O) groups excluding carboxylic acids is 1. The number of rotatable bonds is 6. The molecule has 3 nitrogen and oxygen atoms in total. The highest BCUT2D eigenvalue weighted by Crippen LogP contribution is 2.34. The Morgan fingerprint density at radius 1 is 1.55 bits per heavy atom. The van der Waals surface area contributed by atoms with E-state index in [0.29, 0.717) is 11.9 Å². The topological polar surface area (TPSA) is 32.3 Å². The molecule has 2 fully saturated rings. The van der Waals surface area contributed by atoms with Crippen molar-refractivity contribution in [2.24, 2.45) is 0 Å². The normalized spacial score (nSPS) is 25.9. The van der Waals surface area contributed by atoms with Gasteiger partial charge in [-0.2, -0.15) is 11.3 Å². The van der Waals surface area contributed by atoms with Gasteiger partial charge in [0.2, 0.25) is 5.91 Å². The van der Waals surface area contributed by atoms with Gasteiger partial charge in [0.1, 0.15) is 0 Å². The van der Waals surface area contributed by atoms with E-state index in [-0.39, 0.29) is 5.54 Å². The van der Waals surface area contributed by atoms with Crippen molar-refractivity contribution in [3.63, 3.8) is 0 Å². The van der Waals surface area contributed by atoms with Crippen LogP contribution < -0.4 is 5.32 Å². The molecule has 1 amide bonds. The number of thiophene rings is 1. The molecule has 0 aromatic carbocycles. The van der Waals surface area contributed by atoms with Gasteiger partial charge in [-0.25, -0.2) is 0 Å². The monoisotopic (exact) mass is 292 g/mol. The third-order valence-corrected chi connectivity index (χ3v) is 5.24. The fourth-order valence-electron chi connectivity index (χ4n) is 3.34. The van der Waals surface area contributed by atoms with Crippen molar-refractivity contribution in [2.75, 3.05) is 6.54 Å². The zero-order valence-corrected chi connectivity index (χ0v) is 13.0. The van der Waals surface area contributed by atoms with E-state index in [4.69, 9.17) is 0 Å². The van der Waals surface area contributed by atoms with Crippen molar-refractivity contribution >= 4 is 17.2 Å². The molecule has 1 atom stereocenters. The highest BCUT2D eigenvalue weighted by Gasteiger charge is 2.46. The largest absolute Gasteiger partial charge is 0.334 e. The second kappa shape index (κ2) is 5.86. The zero-order chi connectivity index (χ0) is 14.0. The molecule has 0 bridgehead atoms. The van der Waals surface area contributed by atoms with Crippen LogP contribution in [0.2, 0.25) is 0 Å². The first-order valence-electron chi connectivity index (χ1n) is 7.82. The standard InChI is InChI=1S/C16H24N2OS/c1-2-7-16(8-3-9-17-16)15(19)18(14-4-5-14)11-13-6-10-20-12-13/h6,10,12,14,17H,2-5,7-9,11H2,1H3. The van der Waals surface area contributed by atoms with Gasteiger partial charge >= 0.3 is 0 Å². The van der Waals surface area contributed by atoms with Crippen molar-refractivity contribution < 1.29 is 4.79 Å². The molecule has 1 saturated carbocycles. The van der Waals surface area contributed by atoms with Gasteiger partial charge in [-0.15, -0.1) is 0 Å². The third-order valence-electron chi connectivity index (χ3n) is 4.51. The number of amides is 1. The van der Waals surface area contributed by atoms with Crippen LogP contribution in [0.25, 0.3) is 0 Å². The van der Waals surface area contributed by atoms with Crippen LogP contribution in [0.5, 0.6) is 0 Å². The van der Waals surface area contributed by atoms with Gasteiger partial charge in [-0.1, -0.05) is 13.3 Å². The summed E-state index contributed by atoms with van der Waals surface area (Å²) >= 11 is 1.71. The van der Waals surface area contributed by atoms with Crippen molar-refractivity contribution in [1.82, 2.24) is 10.2 Å². The second-order valence-corrected chi connectivity index (χ2v) is 6.94. The van der Waals surface area contributed by atoms with E-state index in [1.807, 2.05) is 0 Å². The molecule has 0 spiro atoms. The molecule has 2 heterocycles. The van der Waals surface area contributed by atoms with Gasteiger partial charge in [-0.05, 0) is 61.0 Å². The molecule has 1 aliphatic carbocycles. The summed E-state index contributed by atoms with van der Waals surface area (Å²) in [6, 6.07) is 2.63. The Hall–Kier alpha value is -0.870. The first-order chi connectivity index (χ1) is 9.75. The minimum Gasteiger partial charge on any atom is -0.334 e. The van der Waals surface area contributed by atoms with E-state index in [0.717, 1.165) is 38.8 Å². The van der Waals surface area contributed by atoms with E-state index in [1.165, 1.54) is 18.4 Å². The third kappa shape index (κ3) is 2.77. The first kappa shape index (κ1) is 14.1. The summed E-state index contributed by atoms with van der Waals surface area (Å²) in [6.07, 6.45) is 6.53. The van der Waals surface area contributed by atoms with Gasteiger partial charge < -0.3 is 10.2 Å². The number of carbonyl (C=O) groups is 1. The molecular formula is C16H24N2OS. The highest BCUT2D eigenvalue weighted by atomic mass is 32.1. The Labute approximate surface area is 125 Å². The van der Waals surface area contributed by atoms with Crippen LogP contribution >= 0.6 is 11.3 Å². The molecule has 1 aromatic rings. The average Bonchev–Trinajstić information content (AvgIpc) is 2.97. The molecular weight excluding hydrogens is 268 g/mol. The summed E-state index contributed by atoms with van der Waals surface area (Å²) in [4.78, 5) is 15.3. The van der Waals surface area contributed by atoms with Crippen molar-refractivity contribution in [2.45, 2.75) is 63.6 Å². The van der Waals surface area contributed by atoms with Gasteiger partial charge in [0.25, 0.3) is 0 Å². The summed E-state index contributed by atoms with van der Waals surface area (Å²) < 4.78 is 0. The molecule has 1 saturated heterocycles. The van der Waals surface area contributed by atoms with Crippen LogP contribution in [-0.2, 0) is 11.3 Å². The summed E-state index contributed by atoms with van der Waals surface area (Å²) in [7, 11) is 0. The Morgan fingerprint density at radius 2 is 2.40 bits per heavy atom. The van der Waals surface area contributed by atoms with Crippen LogP contribution in [0, 0.1) is 0 Å². The maximum Gasteiger partial charge on any atom is 0.243 e. The van der Waals surface area contributed by atoms with Crippen molar-refractivity contribution in [3.05, 3.63) is 22.4 Å². The lowest BCUT2D eigenvalue weighted by Gasteiger charge is -2.34. The predicted octanol–water partition coefficient (Wildman–Crippen LogP) is 3.16. The molecule has 0 radical (unpaired) electrons. The molecule has 110 valence electrons. The summed E-state index contributed by atoms with van der Waals surface area (Å²) in [6.45, 7) is 3.96. The van der Waals surface area contributed by atoms with Gasteiger partial charge in [-0.3, -0.25) is 4.79 Å². The maximum atomic E-state index is 13.1. The lowest BCUT2D eigenvalue weighted by molar-refractivity contribution is -0.139. The van der Waals surface area contributed by atoms with E-state index in [2.05, 4.69) is 34.0 Å². The van der Waals surface area contributed by atoms with Crippen LogP contribution in [0.4, 0.5) is 0 Å². The number of hydrogen-bond donors (Lipinski definition) is 1. The van der Waals surface area contributed by atoms with Crippen LogP contribution in [0.1, 0.15) is 51.0 Å². The molecule has 4 heteroatoms. The van der Waals surface area contributed by atoms with Crippen LogP contribution in [0.15, 0.2) is 16.8 Å². The minimum atomic E-state index is -0.270. The SMILES string of the molecule is CCCC1(C(=O)N(Cc2ccsc2)C2CC2)CCCN1. The molecule has 1 aromatic heterocycles. The Kier molecular flexibility index (Phi) is 4.13. The van der Waals surface area contributed by atoms with E-state index in [9.17, 15) is 4.79 Å². The van der Waals surface area contributed by atoms with Crippen LogP contribution in [0.3, 0.4) is 0 Å². The predicted molar refractivity (Wildman–Crippen MR) is 82.8 cm³/mol. The molecule has 3 rings (SSSR count). The van der Waals surface area contributed by atoms with E-state index < -0.39 is 0 Å². The fraction of sp³-hybridized carbons (Fsp3) is 0.688. The fourth-order valence-corrected chi connectivity index (χ4v) is 4.00. The number of nitrogens with zero attached hydrogens (tertiary/aromatic N) is 1. The van der Waals surface area contributed by atoms with Gasteiger partial charge in [0, 0.05) is 12.6 Å². The highest BCUT2D eigenvalue weighted by molar-refractivity contribution is 7.07. The lowest BCUT2D eigenvalue weighted by atomic mass is 9.90. The van der Waals surface area contributed by atoms with Gasteiger partial charge in [0.05, 0.1) is 5.54 Å². The Balaban J connectivity index is 1.77. The van der Waals surface area contributed by atoms with Gasteiger partial charge in [0.15, 0.2) is 0 Å². The quantitative estimate of drug-likeness (QED) is 0.873. The maximum absolute atomic E-state index is 13.1. The summed E-state index contributed by atoms with van der Waals surface area (Å²) in [5, 5.41) is 7.79. The van der Waals surface area contributed by atoms with Crippen molar-refractivity contribution in [1.29, 1.82) is 0 Å². The average molecular weight is 292 g/mol. The number of hydrogen-bond acceptors (Lipinski definition) is 3. The lowest BCUT2D eigenvalue weighted by Crippen LogP contribution is -2.55. The zero-order valence-electron chi connectivity index (χ0n) is 12.2. The molecule has 20 heavy (non-hydrogen) atoms. The summed E-state index contributed by atoms with van der Waals surface area (Å²) in [5.74, 6) is 0.352. The van der Waals surface area contributed by atoms with Crippen LogP contribution in [-0.4, -0.2) is 28.9 Å². The summed E-state index contributed by atoms with van der Waals surface area (Å²) in [5.41, 5.74) is 1.01. The Bertz CT molecular complexity index is 447. The molecule has 1 N–H and O–H groups in total. The second-order valence-electron chi connectivity index (χ2n) is 6.16. The molecule has 1 aliphatic heterocycles. The molecule has 1 unspecified atom stereocenters. The Morgan fingerprint density at radius 3 is 2.95 bits per heavy atom. The smallest absolute Gasteiger partial charge is 0.243 e. The molecule has 2 aliphatic rings. The van der Waals surface area contributed by atoms with Crippen molar-refractivity contribution in [3.8, 4) is 0 Å².